The van der Waals surface area contributed by atoms with E-state index in [1.165, 1.54) is 5.56 Å². The maximum absolute atomic E-state index is 12.2. The number of hydrogen-bond acceptors (Lipinski definition) is 3. The monoisotopic (exact) mass is 317 g/mol. The standard InChI is InChI=1S/C19H31N3O/c1-4-14(2)18(20)19(23)21-17-10-12-22(13-11-17)15(3)16-8-6-5-7-9-16/h5-9,14-15,17-18H,4,10-13,20H2,1-3H3,(H,21,23). The molecule has 3 N–H and O–H groups in total. The number of hydrogen-bond donors (Lipinski definition) is 2. The molecule has 1 heterocycles. The number of carbonyl (C=O) groups excluding carboxylic acids is 1. The van der Waals surface area contributed by atoms with Crippen molar-refractivity contribution in [1.82, 2.24) is 10.2 Å². The van der Waals surface area contributed by atoms with Gasteiger partial charge in [-0.05, 0) is 31.2 Å². The highest BCUT2D eigenvalue weighted by molar-refractivity contribution is 5.82. The SMILES string of the molecule is CCC(C)C(N)C(=O)NC1CCN(C(C)c2ccccc2)CC1. The van der Waals surface area contributed by atoms with Gasteiger partial charge in [0, 0.05) is 25.2 Å². The van der Waals surface area contributed by atoms with Gasteiger partial charge in [-0.3, -0.25) is 9.69 Å². The summed E-state index contributed by atoms with van der Waals surface area (Å²) in [6.45, 7) is 8.39. The Balaban J connectivity index is 1.81. The van der Waals surface area contributed by atoms with Crippen molar-refractivity contribution in [2.45, 2.75) is 58.2 Å². The minimum atomic E-state index is -0.388. The van der Waals surface area contributed by atoms with Crippen LogP contribution in [0.5, 0.6) is 0 Å². The summed E-state index contributed by atoms with van der Waals surface area (Å²) < 4.78 is 0. The average molecular weight is 317 g/mol. The lowest BCUT2D eigenvalue weighted by Gasteiger charge is -2.37. The summed E-state index contributed by atoms with van der Waals surface area (Å²) >= 11 is 0. The average Bonchev–Trinajstić information content (AvgIpc) is 2.61. The maximum Gasteiger partial charge on any atom is 0.237 e. The molecule has 0 spiro atoms. The number of nitrogens with two attached hydrogens (primary N) is 1. The summed E-state index contributed by atoms with van der Waals surface area (Å²) in [5.41, 5.74) is 7.37. The second-order valence-electron chi connectivity index (χ2n) is 6.82. The summed E-state index contributed by atoms with van der Waals surface area (Å²) in [7, 11) is 0. The molecule has 0 aromatic heterocycles. The van der Waals surface area contributed by atoms with E-state index in [4.69, 9.17) is 5.73 Å². The van der Waals surface area contributed by atoms with E-state index in [-0.39, 0.29) is 23.9 Å². The van der Waals surface area contributed by atoms with Crippen molar-refractivity contribution >= 4 is 5.91 Å². The Morgan fingerprint density at radius 3 is 2.43 bits per heavy atom. The van der Waals surface area contributed by atoms with Crippen molar-refractivity contribution in [3.05, 3.63) is 35.9 Å². The third-order valence-electron chi connectivity index (χ3n) is 5.27. The third-order valence-corrected chi connectivity index (χ3v) is 5.27. The largest absolute Gasteiger partial charge is 0.352 e. The fraction of sp³-hybridized carbons (Fsp3) is 0.632. The molecule has 0 saturated carbocycles. The van der Waals surface area contributed by atoms with Crippen LogP contribution in [0.4, 0.5) is 0 Å². The predicted molar refractivity (Wildman–Crippen MR) is 95.0 cm³/mol. The molecule has 1 amide bonds. The van der Waals surface area contributed by atoms with Gasteiger partial charge in [0.2, 0.25) is 5.91 Å². The van der Waals surface area contributed by atoms with E-state index in [9.17, 15) is 4.79 Å². The number of piperidine rings is 1. The van der Waals surface area contributed by atoms with Gasteiger partial charge in [0.15, 0.2) is 0 Å². The van der Waals surface area contributed by atoms with E-state index < -0.39 is 0 Å². The normalized spacial score (nSPS) is 20.7. The topological polar surface area (TPSA) is 58.4 Å². The summed E-state index contributed by atoms with van der Waals surface area (Å²) in [6.07, 6.45) is 2.92. The van der Waals surface area contributed by atoms with Crippen molar-refractivity contribution < 1.29 is 4.79 Å². The van der Waals surface area contributed by atoms with Gasteiger partial charge in [-0.2, -0.15) is 0 Å². The molecule has 1 aliphatic rings. The molecule has 1 aromatic rings. The molecular formula is C19H31N3O. The zero-order valence-corrected chi connectivity index (χ0v) is 14.7. The molecule has 4 nitrogen and oxygen atoms in total. The van der Waals surface area contributed by atoms with Crippen LogP contribution in [0, 0.1) is 5.92 Å². The van der Waals surface area contributed by atoms with Crippen LogP contribution in [-0.4, -0.2) is 36.0 Å². The summed E-state index contributed by atoms with van der Waals surface area (Å²) in [4.78, 5) is 14.7. The second kappa shape index (κ2) is 8.46. The second-order valence-corrected chi connectivity index (χ2v) is 6.82. The van der Waals surface area contributed by atoms with Crippen molar-refractivity contribution in [3.63, 3.8) is 0 Å². The molecule has 0 bridgehead atoms. The Morgan fingerprint density at radius 2 is 1.87 bits per heavy atom. The number of nitrogens with one attached hydrogen (secondary N) is 1. The Labute approximate surface area is 140 Å². The smallest absolute Gasteiger partial charge is 0.237 e. The Hall–Kier alpha value is -1.39. The highest BCUT2D eigenvalue weighted by Gasteiger charge is 2.27. The van der Waals surface area contributed by atoms with E-state index in [1.54, 1.807) is 0 Å². The summed E-state index contributed by atoms with van der Waals surface area (Å²) in [5.74, 6) is 0.238. The predicted octanol–water partition coefficient (Wildman–Crippen LogP) is 2.70. The number of amides is 1. The van der Waals surface area contributed by atoms with Gasteiger partial charge in [0.25, 0.3) is 0 Å². The van der Waals surface area contributed by atoms with Crippen molar-refractivity contribution in [2.75, 3.05) is 13.1 Å². The Bertz CT molecular complexity index is 483. The van der Waals surface area contributed by atoms with Crippen LogP contribution in [0.3, 0.4) is 0 Å². The zero-order valence-electron chi connectivity index (χ0n) is 14.7. The molecule has 0 aliphatic carbocycles. The number of carbonyl (C=O) groups is 1. The maximum atomic E-state index is 12.2. The molecule has 1 aliphatic heterocycles. The molecule has 3 unspecified atom stereocenters. The minimum Gasteiger partial charge on any atom is -0.352 e. The van der Waals surface area contributed by atoms with Crippen LogP contribution >= 0.6 is 0 Å². The molecule has 3 atom stereocenters. The van der Waals surface area contributed by atoms with Gasteiger partial charge in [0.05, 0.1) is 6.04 Å². The zero-order chi connectivity index (χ0) is 16.8. The lowest BCUT2D eigenvalue weighted by molar-refractivity contribution is -0.124. The van der Waals surface area contributed by atoms with Crippen LogP contribution in [-0.2, 0) is 4.79 Å². The quantitative estimate of drug-likeness (QED) is 0.848. The van der Waals surface area contributed by atoms with Gasteiger partial charge >= 0.3 is 0 Å². The molecule has 1 fully saturated rings. The van der Waals surface area contributed by atoms with Crippen LogP contribution in [0.2, 0.25) is 0 Å². The van der Waals surface area contributed by atoms with Crippen LogP contribution in [0.1, 0.15) is 51.6 Å². The van der Waals surface area contributed by atoms with Gasteiger partial charge in [-0.15, -0.1) is 0 Å². The first-order chi connectivity index (χ1) is 11.0. The fourth-order valence-electron chi connectivity index (χ4n) is 3.18. The molecule has 4 heteroatoms. The van der Waals surface area contributed by atoms with Gasteiger partial charge < -0.3 is 11.1 Å². The van der Waals surface area contributed by atoms with Crippen molar-refractivity contribution in [2.24, 2.45) is 11.7 Å². The fourth-order valence-corrected chi connectivity index (χ4v) is 3.18. The summed E-state index contributed by atoms with van der Waals surface area (Å²) in [6, 6.07) is 10.9. The lowest BCUT2D eigenvalue weighted by atomic mass is 9.97. The molecular weight excluding hydrogens is 286 g/mol. The minimum absolute atomic E-state index is 0.00825. The number of likely N-dealkylation sites (tertiary alicyclic amines) is 1. The number of nitrogens with zero attached hydrogens (tertiary/aromatic N) is 1. The molecule has 23 heavy (non-hydrogen) atoms. The van der Waals surface area contributed by atoms with Crippen LogP contribution in [0.25, 0.3) is 0 Å². The van der Waals surface area contributed by atoms with E-state index in [2.05, 4.69) is 54.4 Å². The summed E-state index contributed by atoms with van der Waals surface area (Å²) in [5, 5.41) is 3.14. The molecule has 2 rings (SSSR count). The highest BCUT2D eigenvalue weighted by atomic mass is 16.2. The lowest BCUT2D eigenvalue weighted by Crippen LogP contribution is -2.51. The van der Waals surface area contributed by atoms with E-state index in [0.29, 0.717) is 6.04 Å². The van der Waals surface area contributed by atoms with E-state index in [1.807, 2.05) is 6.92 Å². The van der Waals surface area contributed by atoms with Crippen molar-refractivity contribution in [1.29, 1.82) is 0 Å². The third kappa shape index (κ3) is 4.79. The van der Waals surface area contributed by atoms with Gasteiger partial charge in [0.1, 0.15) is 0 Å². The number of rotatable bonds is 6. The van der Waals surface area contributed by atoms with Crippen LogP contribution < -0.4 is 11.1 Å². The first-order valence-corrected chi connectivity index (χ1v) is 8.87. The molecule has 128 valence electrons. The van der Waals surface area contributed by atoms with Gasteiger partial charge in [-0.1, -0.05) is 50.6 Å². The number of benzene rings is 1. The van der Waals surface area contributed by atoms with Crippen LogP contribution in [0.15, 0.2) is 30.3 Å². The van der Waals surface area contributed by atoms with E-state index in [0.717, 1.165) is 32.4 Å². The Kier molecular flexibility index (Phi) is 6.60. The molecule has 1 aromatic carbocycles. The first-order valence-electron chi connectivity index (χ1n) is 8.87. The molecule has 0 radical (unpaired) electrons. The van der Waals surface area contributed by atoms with E-state index >= 15 is 0 Å². The first kappa shape index (κ1) is 18.0. The highest BCUT2D eigenvalue weighted by Crippen LogP contribution is 2.24. The molecule has 1 saturated heterocycles. The van der Waals surface area contributed by atoms with Gasteiger partial charge in [-0.25, -0.2) is 0 Å². The van der Waals surface area contributed by atoms with Crippen molar-refractivity contribution in [3.8, 4) is 0 Å². The Morgan fingerprint density at radius 1 is 1.26 bits per heavy atom.